The molecule has 2 atom stereocenters. The molecule has 1 aromatic carbocycles. The molecule has 0 radical (unpaired) electrons. The first kappa shape index (κ1) is 15.1. The van der Waals surface area contributed by atoms with E-state index in [1.807, 2.05) is 0 Å². The van der Waals surface area contributed by atoms with Crippen LogP contribution in [0.1, 0.15) is 5.56 Å². The van der Waals surface area contributed by atoms with Gasteiger partial charge in [0.2, 0.25) is 0 Å². The molecule has 2 aliphatic rings. The van der Waals surface area contributed by atoms with Crippen molar-refractivity contribution in [3.63, 3.8) is 0 Å². The van der Waals surface area contributed by atoms with Crippen LogP contribution in [0.4, 0.5) is 0 Å². The van der Waals surface area contributed by atoms with Gasteiger partial charge in [0.05, 0.1) is 33.8 Å². The third-order valence-corrected chi connectivity index (χ3v) is 7.15. The molecule has 2 saturated heterocycles. The highest BCUT2D eigenvalue weighted by molar-refractivity contribution is 8.15. The van der Waals surface area contributed by atoms with Gasteiger partial charge in [0.15, 0.2) is 15.0 Å². The third-order valence-electron chi connectivity index (χ3n) is 3.37. The van der Waals surface area contributed by atoms with Gasteiger partial charge in [0.1, 0.15) is 0 Å². The van der Waals surface area contributed by atoms with E-state index in [9.17, 15) is 8.42 Å². The zero-order chi connectivity index (χ0) is 15.2. The molecular weight excluding hydrogens is 353 g/mol. The van der Waals surface area contributed by atoms with E-state index in [-0.39, 0.29) is 28.0 Å². The lowest BCUT2D eigenvalue weighted by molar-refractivity contribution is 0.376. The van der Waals surface area contributed by atoms with Crippen LogP contribution < -0.4 is 0 Å². The maximum Gasteiger partial charge on any atom is 0.177 e. The first-order chi connectivity index (χ1) is 9.87. The summed E-state index contributed by atoms with van der Waals surface area (Å²) in [6.07, 6.45) is 1.48. The Morgan fingerprint density at radius 3 is 2.67 bits per heavy atom. The summed E-state index contributed by atoms with van der Waals surface area (Å²) in [5.41, 5.74) is 0.558. The first-order valence-corrected chi connectivity index (χ1v) is 9.56. The molecule has 0 aromatic heterocycles. The van der Waals surface area contributed by atoms with Crippen LogP contribution in [0.15, 0.2) is 23.3 Å². The van der Waals surface area contributed by atoms with Gasteiger partial charge in [-0.2, -0.15) is 5.10 Å². The number of thioether (sulfide) groups is 1. The maximum absolute atomic E-state index is 11.7. The van der Waals surface area contributed by atoms with Crippen LogP contribution in [0.2, 0.25) is 10.0 Å². The van der Waals surface area contributed by atoms with E-state index in [1.165, 1.54) is 23.0 Å². The lowest BCUT2D eigenvalue weighted by Crippen LogP contribution is -2.32. The molecule has 1 N–H and O–H groups in total. The van der Waals surface area contributed by atoms with E-state index in [1.54, 1.807) is 18.2 Å². The molecule has 2 fully saturated rings. The van der Waals surface area contributed by atoms with Crippen LogP contribution in [-0.2, 0) is 9.84 Å². The zero-order valence-electron chi connectivity index (χ0n) is 10.7. The number of hydrogen-bond acceptors (Lipinski definition) is 5. The topological polar surface area (TPSA) is 73.6 Å². The number of rotatable bonds is 2. The smallest absolute Gasteiger partial charge is 0.177 e. The number of hydrogen-bond donors (Lipinski definition) is 1. The Morgan fingerprint density at radius 2 is 2.00 bits per heavy atom. The molecule has 0 spiro atoms. The van der Waals surface area contributed by atoms with Crippen molar-refractivity contribution in [2.45, 2.75) is 11.3 Å². The minimum atomic E-state index is -3.05. The standard InChI is InChI=1S/C12H11Cl2N3O2S2/c13-8-2-1-3-9(14)7(8)4-16-17-10-5-21(18,19)6-11(10)20-12(17)15/h1-4,10-11,15H,5-6H2/b15-12?,16-4-/t10-,11+/m1/s1. The van der Waals surface area contributed by atoms with Crippen LogP contribution in [0, 0.1) is 5.41 Å². The highest BCUT2D eigenvalue weighted by Gasteiger charge is 2.48. The summed E-state index contributed by atoms with van der Waals surface area (Å²) in [6.45, 7) is 0. The Bertz CT molecular complexity index is 716. The van der Waals surface area contributed by atoms with E-state index in [0.717, 1.165) is 0 Å². The van der Waals surface area contributed by atoms with Crippen molar-refractivity contribution >= 4 is 56.2 Å². The molecule has 0 amide bonds. The van der Waals surface area contributed by atoms with E-state index in [4.69, 9.17) is 28.6 Å². The molecule has 21 heavy (non-hydrogen) atoms. The lowest BCUT2D eigenvalue weighted by atomic mass is 10.2. The van der Waals surface area contributed by atoms with Crippen LogP contribution >= 0.6 is 35.0 Å². The van der Waals surface area contributed by atoms with E-state index < -0.39 is 9.84 Å². The Kier molecular flexibility index (Phi) is 3.94. The zero-order valence-corrected chi connectivity index (χ0v) is 13.8. The monoisotopic (exact) mass is 363 g/mol. The third kappa shape index (κ3) is 2.92. The van der Waals surface area contributed by atoms with Crippen LogP contribution in [0.25, 0.3) is 0 Å². The van der Waals surface area contributed by atoms with Crippen molar-refractivity contribution in [1.29, 1.82) is 5.41 Å². The number of halogens is 2. The Hall–Kier alpha value is -0.760. The minimum Gasteiger partial charge on any atom is -0.277 e. The van der Waals surface area contributed by atoms with Crippen LogP contribution in [-0.4, -0.2) is 47.6 Å². The van der Waals surface area contributed by atoms with E-state index in [0.29, 0.717) is 15.6 Å². The van der Waals surface area contributed by atoms with Crippen molar-refractivity contribution in [1.82, 2.24) is 5.01 Å². The predicted molar refractivity (Wildman–Crippen MR) is 87.4 cm³/mol. The molecule has 112 valence electrons. The molecule has 5 nitrogen and oxygen atoms in total. The molecular formula is C12H11Cl2N3O2S2. The van der Waals surface area contributed by atoms with Gasteiger partial charge in [-0.15, -0.1) is 0 Å². The summed E-state index contributed by atoms with van der Waals surface area (Å²) in [5.74, 6) is 0.129. The second kappa shape index (κ2) is 5.46. The lowest BCUT2D eigenvalue weighted by Gasteiger charge is -2.17. The summed E-state index contributed by atoms with van der Waals surface area (Å²) in [4.78, 5) is 0. The van der Waals surface area contributed by atoms with E-state index in [2.05, 4.69) is 5.10 Å². The van der Waals surface area contributed by atoms with Gasteiger partial charge < -0.3 is 0 Å². The predicted octanol–water partition coefficient (Wildman–Crippen LogP) is 2.48. The number of nitrogens with zero attached hydrogens (tertiary/aromatic N) is 2. The van der Waals surface area contributed by atoms with Gasteiger partial charge in [-0.25, -0.2) is 13.4 Å². The Labute approximate surface area is 136 Å². The van der Waals surface area contributed by atoms with Gasteiger partial charge in [-0.3, -0.25) is 5.41 Å². The molecule has 1 aromatic rings. The molecule has 9 heteroatoms. The fraction of sp³-hybridized carbons (Fsp3) is 0.333. The number of sulfone groups is 1. The normalized spacial score (nSPS) is 27.5. The fourth-order valence-corrected chi connectivity index (χ4v) is 6.59. The van der Waals surface area contributed by atoms with Crippen molar-refractivity contribution in [2.75, 3.05) is 11.5 Å². The van der Waals surface area contributed by atoms with Crippen molar-refractivity contribution in [3.8, 4) is 0 Å². The van der Waals surface area contributed by atoms with Crippen molar-refractivity contribution in [2.24, 2.45) is 5.10 Å². The maximum atomic E-state index is 11.7. The largest absolute Gasteiger partial charge is 0.277 e. The molecule has 2 heterocycles. The number of hydrazone groups is 1. The Balaban J connectivity index is 1.87. The summed E-state index contributed by atoms with van der Waals surface area (Å²) in [6, 6.07) is 4.84. The second-order valence-electron chi connectivity index (χ2n) is 4.83. The Morgan fingerprint density at radius 1 is 1.33 bits per heavy atom. The molecule has 0 unspecified atom stereocenters. The van der Waals surface area contributed by atoms with Gasteiger partial charge >= 0.3 is 0 Å². The number of benzene rings is 1. The second-order valence-corrected chi connectivity index (χ2v) is 9.03. The number of amidine groups is 1. The summed E-state index contributed by atoms with van der Waals surface area (Å²) in [7, 11) is -3.05. The SMILES string of the molecule is N=C1S[C@H]2CS(=O)(=O)C[C@H]2N1/N=C\c1c(Cl)cccc1Cl. The van der Waals surface area contributed by atoms with Crippen molar-refractivity contribution < 1.29 is 8.42 Å². The number of fused-ring (bicyclic) bond motifs is 1. The highest BCUT2D eigenvalue weighted by Crippen LogP contribution is 2.37. The fourth-order valence-electron chi connectivity index (χ4n) is 2.38. The average Bonchev–Trinajstić information content (AvgIpc) is 2.81. The molecule has 3 rings (SSSR count). The van der Waals surface area contributed by atoms with Crippen molar-refractivity contribution in [3.05, 3.63) is 33.8 Å². The van der Waals surface area contributed by atoms with Crippen LogP contribution in [0.3, 0.4) is 0 Å². The summed E-state index contributed by atoms with van der Waals surface area (Å²) >= 11 is 13.4. The minimum absolute atomic E-state index is 0.0284. The number of nitrogens with one attached hydrogen (secondary N) is 1. The average molecular weight is 364 g/mol. The summed E-state index contributed by atoms with van der Waals surface area (Å²) < 4.78 is 23.3. The summed E-state index contributed by atoms with van der Waals surface area (Å²) in [5, 5.41) is 14.6. The van der Waals surface area contributed by atoms with E-state index >= 15 is 0 Å². The van der Waals surface area contributed by atoms with Gasteiger partial charge in [-0.1, -0.05) is 41.0 Å². The molecule has 2 aliphatic heterocycles. The highest BCUT2D eigenvalue weighted by atomic mass is 35.5. The van der Waals surface area contributed by atoms with Crippen LogP contribution in [0.5, 0.6) is 0 Å². The quantitative estimate of drug-likeness (QED) is 0.819. The van der Waals surface area contributed by atoms with Gasteiger partial charge in [-0.05, 0) is 12.1 Å². The molecule has 0 saturated carbocycles. The molecule has 0 bridgehead atoms. The molecule has 0 aliphatic carbocycles. The van der Waals surface area contributed by atoms with Gasteiger partial charge in [0.25, 0.3) is 0 Å². The van der Waals surface area contributed by atoms with Gasteiger partial charge in [0, 0.05) is 10.8 Å². The first-order valence-electron chi connectivity index (χ1n) is 6.10.